The van der Waals surface area contributed by atoms with Gasteiger partial charge in [-0.25, -0.2) is 4.39 Å². The molecule has 1 atom stereocenters. The van der Waals surface area contributed by atoms with Gasteiger partial charge in [-0.3, -0.25) is 14.4 Å². The molecule has 0 saturated carbocycles. The summed E-state index contributed by atoms with van der Waals surface area (Å²) in [7, 11) is 0. The molecule has 8 heteroatoms. The van der Waals surface area contributed by atoms with E-state index in [0.29, 0.717) is 36.5 Å². The molecule has 2 aromatic carbocycles. The Labute approximate surface area is 179 Å². The first-order valence-corrected chi connectivity index (χ1v) is 10.0. The third-order valence-corrected chi connectivity index (χ3v) is 4.64. The Morgan fingerprint density at radius 3 is 2.39 bits per heavy atom. The Balaban J connectivity index is 1.40. The number of rotatable bonds is 8. The highest BCUT2D eigenvalue weighted by molar-refractivity contribution is 6.02. The Morgan fingerprint density at radius 2 is 1.71 bits per heavy atom. The smallest absolute Gasteiger partial charge is 0.251 e. The van der Waals surface area contributed by atoms with Crippen molar-refractivity contribution in [1.82, 2.24) is 10.6 Å². The van der Waals surface area contributed by atoms with Crippen molar-refractivity contribution in [3.05, 3.63) is 71.6 Å². The lowest BCUT2D eigenvalue weighted by molar-refractivity contribution is -0.130. The summed E-state index contributed by atoms with van der Waals surface area (Å²) in [6, 6.07) is 12.2. The highest BCUT2D eigenvalue weighted by atomic mass is 19.1. The van der Waals surface area contributed by atoms with Crippen molar-refractivity contribution in [2.45, 2.75) is 18.9 Å². The van der Waals surface area contributed by atoms with Crippen LogP contribution in [0.2, 0.25) is 0 Å². The zero-order valence-electron chi connectivity index (χ0n) is 16.9. The number of benzene rings is 2. The first-order chi connectivity index (χ1) is 15.0. The summed E-state index contributed by atoms with van der Waals surface area (Å²) in [6.07, 6.45) is 4.15. The summed E-state index contributed by atoms with van der Waals surface area (Å²) in [6.45, 7) is 1.22. The molecule has 0 radical (unpaired) electrons. The Bertz CT molecular complexity index is 936. The molecule has 3 N–H and O–H groups in total. The van der Waals surface area contributed by atoms with Crippen LogP contribution < -0.4 is 16.0 Å². The average Bonchev–Trinajstić information content (AvgIpc) is 3.32. The lowest BCUT2D eigenvalue weighted by Gasteiger charge is -2.11. The molecule has 1 heterocycles. The molecule has 1 aliphatic rings. The third-order valence-electron chi connectivity index (χ3n) is 4.64. The van der Waals surface area contributed by atoms with Crippen LogP contribution >= 0.6 is 0 Å². The molecule has 3 rings (SSSR count). The first kappa shape index (κ1) is 22.2. The summed E-state index contributed by atoms with van der Waals surface area (Å²) in [4.78, 5) is 36.0. The maximum atomic E-state index is 12.9. The lowest BCUT2D eigenvalue weighted by Crippen LogP contribution is -2.39. The molecule has 1 saturated heterocycles. The number of carbonyl (C=O) groups excluding carboxylic acids is 3. The van der Waals surface area contributed by atoms with E-state index in [2.05, 4.69) is 16.0 Å². The minimum Gasteiger partial charge on any atom is -0.368 e. The molecule has 1 unspecified atom stereocenters. The number of amides is 3. The first-order valence-electron chi connectivity index (χ1n) is 10.0. The number of halogens is 1. The maximum Gasteiger partial charge on any atom is 0.251 e. The molecule has 162 valence electrons. The van der Waals surface area contributed by atoms with E-state index in [1.165, 1.54) is 18.2 Å². The van der Waals surface area contributed by atoms with Crippen molar-refractivity contribution in [2.24, 2.45) is 0 Å². The van der Waals surface area contributed by atoms with Gasteiger partial charge in [-0.2, -0.15) is 0 Å². The van der Waals surface area contributed by atoms with E-state index < -0.39 is 0 Å². The number of anilines is 1. The number of ether oxygens (including phenoxy) is 1. The predicted octanol–water partition coefficient (Wildman–Crippen LogP) is 2.50. The van der Waals surface area contributed by atoms with Gasteiger partial charge in [-0.05, 0) is 60.9 Å². The van der Waals surface area contributed by atoms with E-state index >= 15 is 0 Å². The summed E-state index contributed by atoms with van der Waals surface area (Å²) < 4.78 is 18.2. The summed E-state index contributed by atoms with van der Waals surface area (Å²) in [5.74, 6) is -1.11. The van der Waals surface area contributed by atoms with E-state index in [0.717, 1.165) is 12.8 Å². The van der Waals surface area contributed by atoms with Crippen LogP contribution in [0.15, 0.2) is 54.6 Å². The second-order valence-electron chi connectivity index (χ2n) is 7.00. The summed E-state index contributed by atoms with van der Waals surface area (Å²) in [5, 5.41) is 8.16. The molecule has 2 aromatic rings. The molecular formula is C23H24FN3O4. The summed E-state index contributed by atoms with van der Waals surface area (Å²) in [5.41, 5.74) is 1.68. The van der Waals surface area contributed by atoms with E-state index in [1.807, 2.05) is 0 Å². The fraction of sp³-hybridized carbons (Fsp3) is 0.261. The predicted molar refractivity (Wildman–Crippen MR) is 115 cm³/mol. The van der Waals surface area contributed by atoms with Crippen molar-refractivity contribution in [1.29, 1.82) is 0 Å². The average molecular weight is 425 g/mol. The zero-order chi connectivity index (χ0) is 22.1. The van der Waals surface area contributed by atoms with E-state index in [9.17, 15) is 18.8 Å². The number of hydrogen-bond donors (Lipinski definition) is 3. The van der Waals surface area contributed by atoms with Crippen LogP contribution in [0.5, 0.6) is 0 Å². The van der Waals surface area contributed by atoms with Gasteiger partial charge in [0.15, 0.2) is 0 Å². The summed E-state index contributed by atoms with van der Waals surface area (Å²) >= 11 is 0. The number of nitrogens with one attached hydrogen (secondary N) is 3. The fourth-order valence-corrected chi connectivity index (χ4v) is 3.00. The Morgan fingerprint density at radius 1 is 1.00 bits per heavy atom. The van der Waals surface area contributed by atoms with Crippen molar-refractivity contribution in [2.75, 3.05) is 25.0 Å². The largest absolute Gasteiger partial charge is 0.368 e. The maximum absolute atomic E-state index is 12.9. The van der Waals surface area contributed by atoms with Crippen LogP contribution in [0.1, 0.15) is 28.8 Å². The molecular weight excluding hydrogens is 401 g/mol. The second-order valence-corrected chi connectivity index (χ2v) is 7.00. The highest BCUT2D eigenvalue weighted by Crippen LogP contribution is 2.12. The van der Waals surface area contributed by atoms with Crippen molar-refractivity contribution < 1.29 is 23.5 Å². The van der Waals surface area contributed by atoms with Gasteiger partial charge >= 0.3 is 0 Å². The van der Waals surface area contributed by atoms with Crippen molar-refractivity contribution in [3.63, 3.8) is 0 Å². The molecule has 0 spiro atoms. The van der Waals surface area contributed by atoms with Crippen molar-refractivity contribution >= 4 is 29.5 Å². The quantitative estimate of drug-likeness (QED) is 0.447. The van der Waals surface area contributed by atoms with Crippen molar-refractivity contribution in [3.8, 4) is 0 Å². The van der Waals surface area contributed by atoms with Crippen LogP contribution in [-0.2, 0) is 14.3 Å². The molecule has 1 fully saturated rings. The fourth-order valence-electron chi connectivity index (χ4n) is 3.00. The van der Waals surface area contributed by atoms with Gasteiger partial charge in [-0.15, -0.1) is 0 Å². The van der Waals surface area contributed by atoms with E-state index in [1.54, 1.807) is 42.5 Å². The van der Waals surface area contributed by atoms with E-state index in [4.69, 9.17) is 4.74 Å². The standard InChI is InChI=1S/C23H24FN3O4/c24-18-8-3-16(4-9-18)5-12-21(28)27-19-10-6-17(7-11-19)22(29)25-13-14-26-23(30)20-2-1-15-31-20/h3-12,20H,1-2,13-15H2,(H,25,29)(H,26,30)(H,27,28)/b12-5+. The van der Waals surface area contributed by atoms with Gasteiger partial charge in [0.25, 0.3) is 5.91 Å². The molecule has 31 heavy (non-hydrogen) atoms. The van der Waals surface area contributed by atoms with Crippen LogP contribution in [0.4, 0.5) is 10.1 Å². The minimum atomic E-state index is -0.385. The second kappa shape index (κ2) is 11.0. The lowest BCUT2D eigenvalue weighted by atomic mass is 10.2. The van der Waals surface area contributed by atoms with E-state index in [-0.39, 0.29) is 29.6 Å². The van der Waals surface area contributed by atoms with Crippen LogP contribution in [0.3, 0.4) is 0 Å². The monoisotopic (exact) mass is 425 g/mol. The minimum absolute atomic E-state index is 0.152. The van der Waals surface area contributed by atoms with Gasteiger partial charge in [-0.1, -0.05) is 12.1 Å². The third kappa shape index (κ3) is 7.04. The Kier molecular flexibility index (Phi) is 7.89. The number of carbonyl (C=O) groups is 3. The van der Waals surface area contributed by atoms with Crippen LogP contribution in [0, 0.1) is 5.82 Å². The highest BCUT2D eigenvalue weighted by Gasteiger charge is 2.22. The molecule has 0 aromatic heterocycles. The van der Waals surface area contributed by atoms with Gasteiger partial charge in [0, 0.05) is 37.0 Å². The molecule has 0 bridgehead atoms. The molecule has 0 aliphatic carbocycles. The van der Waals surface area contributed by atoms with Crippen LogP contribution in [0.25, 0.3) is 6.08 Å². The topological polar surface area (TPSA) is 96.5 Å². The number of hydrogen-bond acceptors (Lipinski definition) is 4. The van der Waals surface area contributed by atoms with Gasteiger partial charge < -0.3 is 20.7 Å². The Hall–Kier alpha value is -3.52. The SMILES string of the molecule is O=C(/C=C/c1ccc(F)cc1)Nc1ccc(C(=O)NCCNC(=O)C2CCCO2)cc1. The van der Waals surface area contributed by atoms with Gasteiger partial charge in [0.1, 0.15) is 11.9 Å². The molecule has 3 amide bonds. The molecule has 1 aliphatic heterocycles. The normalized spacial score (nSPS) is 15.6. The van der Waals surface area contributed by atoms with Crippen LogP contribution in [-0.4, -0.2) is 43.5 Å². The van der Waals surface area contributed by atoms with Gasteiger partial charge in [0.2, 0.25) is 11.8 Å². The molecule has 7 nitrogen and oxygen atoms in total. The zero-order valence-corrected chi connectivity index (χ0v) is 16.9. The van der Waals surface area contributed by atoms with Gasteiger partial charge in [0.05, 0.1) is 0 Å².